The molecule has 2 aromatic carbocycles. The smallest absolute Gasteiger partial charge is 0.234 e. The SMILES string of the molecule is Cc1ccc(NC(=O)CSc2ncnc3c2cnn3-c2ccc(Cl)cc2)cc1Cl. The number of thioether (sulfide) groups is 1. The van der Waals surface area contributed by atoms with Gasteiger partial charge >= 0.3 is 0 Å². The highest BCUT2D eigenvalue weighted by Gasteiger charge is 2.13. The Labute approximate surface area is 181 Å². The molecule has 0 atom stereocenters. The number of nitrogens with zero attached hydrogens (tertiary/aromatic N) is 4. The number of hydrogen-bond acceptors (Lipinski definition) is 5. The minimum atomic E-state index is -0.147. The fourth-order valence-electron chi connectivity index (χ4n) is 2.71. The van der Waals surface area contributed by atoms with Gasteiger partial charge in [0.2, 0.25) is 5.91 Å². The van der Waals surface area contributed by atoms with Crippen LogP contribution in [0.3, 0.4) is 0 Å². The normalized spacial score (nSPS) is 11.0. The zero-order valence-electron chi connectivity index (χ0n) is 15.3. The largest absolute Gasteiger partial charge is 0.325 e. The second kappa shape index (κ2) is 8.41. The summed E-state index contributed by atoms with van der Waals surface area (Å²) in [6, 6.07) is 12.7. The molecule has 0 saturated heterocycles. The van der Waals surface area contributed by atoms with Crippen molar-refractivity contribution in [3.8, 4) is 5.69 Å². The number of carbonyl (C=O) groups excluding carboxylic acids is 1. The average molecular weight is 444 g/mol. The van der Waals surface area contributed by atoms with Gasteiger partial charge in [-0.15, -0.1) is 0 Å². The third kappa shape index (κ3) is 4.37. The van der Waals surface area contributed by atoms with Crippen molar-refractivity contribution in [1.82, 2.24) is 19.7 Å². The highest BCUT2D eigenvalue weighted by atomic mass is 35.5. The zero-order chi connectivity index (χ0) is 20.4. The van der Waals surface area contributed by atoms with E-state index in [2.05, 4.69) is 20.4 Å². The van der Waals surface area contributed by atoms with E-state index in [4.69, 9.17) is 23.2 Å². The van der Waals surface area contributed by atoms with Crippen molar-refractivity contribution in [3.05, 3.63) is 70.6 Å². The number of halogens is 2. The molecule has 2 heterocycles. The number of rotatable bonds is 5. The Hall–Kier alpha value is -2.61. The summed E-state index contributed by atoms with van der Waals surface area (Å²) in [6.07, 6.45) is 3.17. The van der Waals surface area contributed by atoms with Crippen LogP contribution in [0.4, 0.5) is 5.69 Å². The topological polar surface area (TPSA) is 72.7 Å². The zero-order valence-corrected chi connectivity index (χ0v) is 17.6. The molecule has 2 aromatic heterocycles. The monoisotopic (exact) mass is 443 g/mol. The van der Waals surface area contributed by atoms with Gasteiger partial charge in [-0.2, -0.15) is 5.10 Å². The summed E-state index contributed by atoms with van der Waals surface area (Å²) >= 11 is 13.4. The maximum atomic E-state index is 12.3. The van der Waals surface area contributed by atoms with Crippen molar-refractivity contribution in [2.75, 3.05) is 11.1 Å². The third-order valence-electron chi connectivity index (χ3n) is 4.20. The van der Waals surface area contributed by atoms with Crippen LogP contribution >= 0.6 is 35.0 Å². The van der Waals surface area contributed by atoms with E-state index in [-0.39, 0.29) is 11.7 Å². The lowest BCUT2D eigenvalue weighted by molar-refractivity contribution is -0.113. The van der Waals surface area contributed by atoms with Crippen LogP contribution in [0.1, 0.15) is 5.56 Å². The lowest BCUT2D eigenvalue weighted by atomic mass is 10.2. The van der Waals surface area contributed by atoms with Crippen LogP contribution in [0.25, 0.3) is 16.7 Å². The fourth-order valence-corrected chi connectivity index (χ4v) is 3.78. The van der Waals surface area contributed by atoms with Crippen molar-refractivity contribution in [1.29, 1.82) is 0 Å². The Morgan fingerprint density at radius 1 is 1.14 bits per heavy atom. The van der Waals surface area contributed by atoms with Gasteiger partial charge < -0.3 is 5.32 Å². The molecule has 4 rings (SSSR count). The van der Waals surface area contributed by atoms with Crippen LogP contribution in [0, 0.1) is 6.92 Å². The molecule has 29 heavy (non-hydrogen) atoms. The number of hydrogen-bond donors (Lipinski definition) is 1. The van der Waals surface area contributed by atoms with Crippen molar-refractivity contribution in [2.24, 2.45) is 0 Å². The Bertz CT molecular complexity index is 1190. The summed E-state index contributed by atoms with van der Waals surface area (Å²) in [5.74, 6) is 0.0516. The maximum Gasteiger partial charge on any atom is 0.234 e. The molecule has 0 saturated carbocycles. The van der Waals surface area contributed by atoms with E-state index in [0.717, 1.165) is 16.6 Å². The van der Waals surface area contributed by atoms with Crippen molar-refractivity contribution < 1.29 is 4.79 Å². The van der Waals surface area contributed by atoms with Crippen molar-refractivity contribution in [2.45, 2.75) is 11.9 Å². The number of carbonyl (C=O) groups is 1. The van der Waals surface area contributed by atoms with E-state index in [0.29, 0.717) is 26.4 Å². The van der Waals surface area contributed by atoms with Gasteiger partial charge in [-0.05, 0) is 48.9 Å². The first-order chi connectivity index (χ1) is 14.0. The van der Waals surface area contributed by atoms with E-state index < -0.39 is 0 Å². The van der Waals surface area contributed by atoms with E-state index in [1.165, 1.54) is 18.1 Å². The highest BCUT2D eigenvalue weighted by molar-refractivity contribution is 8.00. The van der Waals surface area contributed by atoms with Crippen LogP contribution < -0.4 is 5.32 Å². The van der Waals surface area contributed by atoms with Gasteiger partial charge in [0, 0.05) is 15.7 Å². The number of aryl methyl sites for hydroxylation is 1. The van der Waals surface area contributed by atoms with Gasteiger partial charge in [0.05, 0.1) is 23.0 Å². The molecule has 1 N–H and O–H groups in total. The second-order valence-electron chi connectivity index (χ2n) is 6.25. The molecule has 0 aliphatic heterocycles. The van der Waals surface area contributed by atoms with E-state index in [1.807, 2.05) is 31.2 Å². The third-order valence-corrected chi connectivity index (χ3v) is 5.86. The minimum Gasteiger partial charge on any atom is -0.325 e. The molecule has 146 valence electrons. The van der Waals surface area contributed by atoms with E-state index in [9.17, 15) is 4.79 Å². The Balaban J connectivity index is 1.50. The van der Waals surface area contributed by atoms with Gasteiger partial charge in [0.1, 0.15) is 11.4 Å². The number of aromatic nitrogens is 4. The first kappa shape index (κ1) is 19.7. The van der Waals surface area contributed by atoms with Crippen molar-refractivity contribution in [3.63, 3.8) is 0 Å². The van der Waals surface area contributed by atoms with Crippen LogP contribution in [0.15, 0.2) is 60.0 Å². The Kier molecular flexibility index (Phi) is 5.71. The highest BCUT2D eigenvalue weighted by Crippen LogP contribution is 2.26. The van der Waals surface area contributed by atoms with Crippen LogP contribution in [0.5, 0.6) is 0 Å². The number of fused-ring (bicyclic) bond motifs is 1. The van der Waals surface area contributed by atoms with Crippen LogP contribution in [-0.2, 0) is 4.79 Å². The molecule has 4 aromatic rings. The van der Waals surface area contributed by atoms with Crippen molar-refractivity contribution >= 4 is 57.6 Å². The summed E-state index contributed by atoms with van der Waals surface area (Å²) in [6.45, 7) is 1.91. The molecule has 9 heteroatoms. The second-order valence-corrected chi connectivity index (χ2v) is 8.06. The summed E-state index contributed by atoms with van der Waals surface area (Å²) < 4.78 is 1.71. The van der Waals surface area contributed by atoms with Gasteiger partial charge in [-0.25, -0.2) is 14.6 Å². The fraction of sp³-hybridized carbons (Fsp3) is 0.100. The molecule has 0 aliphatic carbocycles. The van der Waals surface area contributed by atoms with E-state index >= 15 is 0 Å². The Morgan fingerprint density at radius 2 is 1.93 bits per heavy atom. The number of nitrogens with one attached hydrogen (secondary N) is 1. The van der Waals surface area contributed by atoms with E-state index in [1.54, 1.807) is 29.1 Å². The molecule has 0 bridgehead atoms. The van der Waals surface area contributed by atoms with Gasteiger partial charge in [-0.3, -0.25) is 4.79 Å². The summed E-state index contributed by atoms with van der Waals surface area (Å²) in [5, 5.41) is 9.98. The molecule has 0 fully saturated rings. The van der Waals surface area contributed by atoms with Gasteiger partial charge in [0.15, 0.2) is 5.65 Å². The average Bonchev–Trinajstić information content (AvgIpc) is 3.14. The Morgan fingerprint density at radius 3 is 2.69 bits per heavy atom. The molecule has 0 aliphatic rings. The first-order valence-electron chi connectivity index (χ1n) is 8.65. The quantitative estimate of drug-likeness (QED) is 0.340. The number of benzene rings is 2. The van der Waals surface area contributed by atoms with Crippen LogP contribution in [-0.4, -0.2) is 31.4 Å². The van der Waals surface area contributed by atoms with Crippen LogP contribution in [0.2, 0.25) is 10.0 Å². The molecule has 6 nitrogen and oxygen atoms in total. The lowest BCUT2D eigenvalue weighted by Crippen LogP contribution is -2.14. The predicted molar refractivity (Wildman–Crippen MR) is 117 cm³/mol. The minimum absolute atomic E-state index is 0.147. The molecular weight excluding hydrogens is 429 g/mol. The predicted octanol–water partition coefficient (Wildman–Crippen LogP) is 5.16. The molecule has 1 amide bonds. The molecule has 0 spiro atoms. The maximum absolute atomic E-state index is 12.3. The molecule has 0 radical (unpaired) electrons. The number of amides is 1. The first-order valence-corrected chi connectivity index (χ1v) is 10.4. The standard InChI is InChI=1S/C20H15Cl2N5OS/c1-12-2-5-14(8-17(12)22)26-18(28)10-29-20-16-9-25-27(19(16)23-11-24-20)15-6-3-13(21)4-7-15/h2-9,11H,10H2,1H3,(H,26,28). The van der Waals surface area contributed by atoms with Gasteiger partial charge in [-0.1, -0.05) is 41.0 Å². The summed E-state index contributed by atoms with van der Waals surface area (Å²) in [7, 11) is 0. The summed E-state index contributed by atoms with van der Waals surface area (Å²) in [4.78, 5) is 21.0. The molecular formula is C20H15Cl2N5OS. The molecule has 0 unspecified atom stereocenters. The summed E-state index contributed by atoms with van der Waals surface area (Å²) in [5.41, 5.74) is 3.12. The lowest BCUT2D eigenvalue weighted by Gasteiger charge is -2.07. The van der Waals surface area contributed by atoms with Gasteiger partial charge in [0.25, 0.3) is 0 Å². The number of anilines is 1.